The number of thioether (sulfide) groups is 1. The Labute approximate surface area is 119 Å². The molecule has 0 aliphatic rings. The Balaban J connectivity index is 1.93. The Kier molecular flexibility index (Phi) is 4.63. The van der Waals surface area contributed by atoms with Crippen molar-refractivity contribution in [2.45, 2.75) is 11.1 Å². The summed E-state index contributed by atoms with van der Waals surface area (Å²) in [7, 11) is 0. The van der Waals surface area contributed by atoms with Crippen molar-refractivity contribution in [2.24, 2.45) is 0 Å². The highest BCUT2D eigenvalue weighted by Gasteiger charge is 2.08. The summed E-state index contributed by atoms with van der Waals surface area (Å²) in [6, 6.07) is 11.1. The number of aliphatic hydroxyl groups excluding tert-OH is 1. The number of nitrogens with zero attached hydrogens (tertiary/aromatic N) is 1. The smallest absolute Gasteiger partial charge is 0.0961 e. The minimum absolute atomic E-state index is 0.513. The molecular formula is C13H13BrN2OS. The monoisotopic (exact) mass is 324 g/mol. The van der Waals surface area contributed by atoms with Crippen LogP contribution < -0.4 is 5.73 Å². The first-order chi connectivity index (χ1) is 8.65. The standard InChI is InChI=1S/C13H13BrN2OS/c14-10-3-6-13(16-7-10)18-8-12(17)9-1-4-11(15)5-2-9/h1-7,12,17H,8,15H2. The zero-order valence-corrected chi connectivity index (χ0v) is 12.0. The van der Waals surface area contributed by atoms with Gasteiger partial charge in [0, 0.05) is 22.1 Å². The molecule has 5 heteroatoms. The van der Waals surface area contributed by atoms with E-state index in [0.29, 0.717) is 11.4 Å². The number of anilines is 1. The van der Waals surface area contributed by atoms with Crippen LogP contribution >= 0.6 is 27.7 Å². The van der Waals surface area contributed by atoms with Crippen molar-refractivity contribution in [3.63, 3.8) is 0 Å². The zero-order valence-electron chi connectivity index (χ0n) is 9.58. The number of aliphatic hydroxyl groups is 1. The Bertz CT molecular complexity index is 501. The number of aromatic nitrogens is 1. The second-order valence-electron chi connectivity index (χ2n) is 3.81. The lowest BCUT2D eigenvalue weighted by atomic mass is 10.1. The topological polar surface area (TPSA) is 59.1 Å². The molecule has 0 saturated carbocycles. The quantitative estimate of drug-likeness (QED) is 0.669. The second-order valence-corrected chi connectivity index (χ2v) is 5.76. The van der Waals surface area contributed by atoms with Gasteiger partial charge in [0.1, 0.15) is 0 Å². The third-order valence-corrected chi connectivity index (χ3v) is 3.90. The van der Waals surface area contributed by atoms with Gasteiger partial charge in [-0.1, -0.05) is 12.1 Å². The lowest BCUT2D eigenvalue weighted by Gasteiger charge is -2.10. The predicted molar refractivity (Wildman–Crippen MR) is 78.5 cm³/mol. The van der Waals surface area contributed by atoms with Gasteiger partial charge in [0.25, 0.3) is 0 Å². The van der Waals surface area contributed by atoms with Crippen molar-refractivity contribution in [2.75, 3.05) is 11.5 Å². The molecule has 0 saturated heterocycles. The maximum absolute atomic E-state index is 10.0. The molecule has 1 aromatic heterocycles. The van der Waals surface area contributed by atoms with Gasteiger partial charge in [-0.15, -0.1) is 11.8 Å². The summed E-state index contributed by atoms with van der Waals surface area (Å²) in [4.78, 5) is 4.24. The van der Waals surface area contributed by atoms with Crippen molar-refractivity contribution in [3.05, 3.63) is 52.6 Å². The van der Waals surface area contributed by atoms with Gasteiger partial charge in [-0.2, -0.15) is 0 Å². The number of pyridine rings is 1. The number of rotatable bonds is 4. The normalized spacial score (nSPS) is 12.3. The van der Waals surface area contributed by atoms with E-state index >= 15 is 0 Å². The Morgan fingerprint density at radius 1 is 1.22 bits per heavy atom. The predicted octanol–water partition coefficient (Wildman–Crippen LogP) is 3.25. The molecule has 1 unspecified atom stereocenters. The largest absolute Gasteiger partial charge is 0.399 e. The molecule has 3 nitrogen and oxygen atoms in total. The molecule has 2 aromatic rings. The highest BCUT2D eigenvalue weighted by atomic mass is 79.9. The summed E-state index contributed by atoms with van der Waals surface area (Å²) >= 11 is 4.86. The maximum atomic E-state index is 10.0. The van der Waals surface area contributed by atoms with Crippen molar-refractivity contribution in [3.8, 4) is 0 Å². The third-order valence-electron chi connectivity index (χ3n) is 2.41. The van der Waals surface area contributed by atoms with Crippen LogP contribution in [0.5, 0.6) is 0 Å². The first-order valence-corrected chi connectivity index (χ1v) is 7.21. The van der Waals surface area contributed by atoms with Crippen LogP contribution in [0.15, 0.2) is 52.1 Å². The highest BCUT2D eigenvalue weighted by molar-refractivity contribution is 9.10. The second kappa shape index (κ2) is 6.22. The van der Waals surface area contributed by atoms with Gasteiger partial charge >= 0.3 is 0 Å². The number of hydrogen-bond acceptors (Lipinski definition) is 4. The maximum Gasteiger partial charge on any atom is 0.0961 e. The summed E-state index contributed by atoms with van der Waals surface area (Å²) in [5, 5.41) is 10.9. The molecule has 18 heavy (non-hydrogen) atoms. The van der Waals surface area contributed by atoms with Crippen LogP contribution in [0.1, 0.15) is 11.7 Å². The minimum Gasteiger partial charge on any atom is -0.399 e. The van der Waals surface area contributed by atoms with Gasteiger partial charge in [-0.05, 0) is 45.8 Å². The van der Waals surface area contributed by atoms with Crippen molar-refractivity contribution < 1.29 is 5.11 Å². The molecule has 1 aromatic carbocycles. The fraction of sp³-hybridized carbons (Fsp3) is 0.154. The van der Waals surface area contributed by atoms with Gasteiger partial charge in [0.05, 0.1) is 11.1 Å². The fourth-order valence-corrected chi connectivity index (χ4v) is 2.47. The molecule has 2 rings (SSSR count). The molecule has 0 bridgehead atoms. The lowest BCUT2D eigenvalue weighted by Crippen LogP contribution is -2.01. The van der Waals surface area contributed by atoms with E-state index in [4.69, 9.17) is 5.73 Å². The molecule has 94 valence electrons. The zero-order chi connectivity index (χ0) is 13.0. The van der Waals surface area contributed by atoms with Gasteiger partial charge in [-0.25, -0.2) is 4.98 Å². The Morgan fingerprint density at radius 2 is 1.94 bits per heavy atom. The van der Waals surface area contributed by atoms with E-state index in [1.54, 1.807) is 18.3 Å². The Hall–Kier alpha value is -1.04. The fourth-order valence-electron chi connectivity index (χ4n) is 1.43. The van der Waals surface area contributed by atoms with E-state index < -0.39 is 6.10 Å². The summed E-state index contributed by atoms with van der Waals surface area (Å²) < 4.78 is 0.950. The van der Waals surface area contributed by atoms with E-state index in [1.165, 1.54) is 11.8 Å². The summed E-state index contributed by atoms with van der Waals surface area (Å²) in [6.07, 6.45) is 1.24. The molecule has 0 spiro atoms. The summed E-state index contributed by atoms with van der Waals surface area (Å²) in [5.41, 5.74) is 7.18. The van der Waals surface area contributed by atoms with Crippen LogP contribution in [0.4, 0.5) is 5.69 Å². The highest BCUT2D eigenvalue weighted by Crippen LogP contribution is 2.24. The number of benzene rings is 1. The van der Waals surface area contributed by atoms with Crippen LogP contribution in [0.2, 0.25) is 0 Å². The van der Waals surface area contributed by atoms with Crippen molar-refractivity contribution >= 4 is 33.4 Å². The number of hydrogen-bond donors (Lipinski definition) is 2. The average Bonchev–Trinajstić information content (AvgIpc) is 2.38. The Morgan fingerprint density at radius 3 is 2.56 bits per heavy atom. The average molecular weight is 325 g/mol. The van der Waals surface area contributed by atoms with Crippen LogP contribution in [-0.2, 0) is 0 Å². The summed E-state index contributed by atoms with van der Waals surface area (Å²) in [6.45, 7) is 0. The minimum atomic E-state index is -0.513. The molecule has 0 amide bonds. The van der Waals surface area contributed by atoms with Crippen LogP contribution in [-0.4, -0.2) is 15.8 Å². The number of nitrogens with two attached hydrogens (primary N) is 1. The first kappa shape index (κ1) is 13.4. The molecule has 3 N–H and O–H groups in total. The van der Waals surface area contributed by atoms with Crippen LogP contribution in [0.3, 0.4) is 0 Å². The molecule has 0 aliphatic carbocycles. The lowest BCUT2D eigenvalue weighted by molar-refractivity contribution is 0.204. The molecule has 1 heterocycles. The van der Waals surface area contributed by atoms with Crippen molar-refractivity contribution in [1.82, 2.24) is 4.98 Å². The summed E-state index contributed by atoms with van der Waals surface area (Å²) in [5.74, 6) is 0.568. The third kappa shape index (κ3) is 3.73. The molecule has 0 fully saturated rings. The van der Waals surface area contributed by atoms with Gasteiger partial charge in [-0.3, -0.25) is 0 Å². The van der Waals surface area contributed by atoms with E-state index in [0.717, 1.165) is 15.1 Å². The van der Waals surface area contributed by atoms with Gasteiger partial charge in [0.15, 0.2) is 0 Å². The number of halogens is 1. The van der Waals surface area contributed by atoms with Crippen LogP contribution in [0, 0.1) is 0 Å². The van der Waals surface area contributed by atoms with Crippen LogP contribution in [0.25, 0.3) is 0 Å². The molecule has 0 radical (unpaired) electrons. The molecular weight excluding hydrogens is 312 g/mol. The molecule has 1 atom stereocenters. The van der Waals surface area contributed by atoms with Gasteiger partial charge in [0.2, 0.25) is 0 Å². The van der Waals surface area contributed by atoms with E-state index in [9.17, 15) is 5.11 Å². The van der Waals surface area contributed by atoms with Crippen molar-refractivity contribution in [1.29, 1.82) is 0 Å². The van der Waals surface area contributed by atoms with E-state index in [-0.39, 0.29) is 0 Å². The SMILES string of the molecule is Nc1ccc(C(O)CSc2ccc(Br)cn2)cc1. The van der Waals surface area contributed by atoms with E-state index in [1.807, 2.05) is 24.3 Å². The number of nitrogen functional groups attached to an aromatic ring is 1. The molecule has 0 aliphatic heterocycles. The van der Waals surface area contributed by atoms with Gasteiger partial charge < -0.3 is 10.8 Å². The van der Waals surface area contributed by atoms with E-state index in [2.05, 4.69) is 20.9 Å². The first-order valence-electron chi connectivity index (χ1n) is 5.43.